The van der Waals surface area contributed by atoms with Gasteiger partial charge < -0.3 is 19.3 Å². The number of anilines is 1. The second-order valence-corrected chi connectivity index (χ2v) is 14.2. The van der Waals surface area contributed by atoms with E-state index >= 15 is 0 Å². The quantitative estimate of drug-likeness (QED) is 0.234. The predicted octanol–water partition coefficient (Wildman–Crippen LogP) is 6.77. The van der Waals surface area contributed by atoms with Gasteiger partial charge in [0.25, 0.3) is 0 Å². The second-order valence-electron chi connectivity index (χ2n) is 13.8. The minimum atomic E-state index is -0.527. The van der Waals surface area contributed by atoms with Crippen LogP contribution in [0.5, 0.6) is 5.75 Å². The van der Waals surface area contributed by atoms with Crippen LogP contribution in [0, 0.1) is 12.3 Å². The van der Waals surface area contributed by atoms with Crippen LogP contribution in [-0.4, -0.2) is 69.4 Å². The van der Waals surface area contributed by atoms with Crippen molar-refractivity contribution in [2.24, 2.45) is 5.41 Å². The molecule has 0 unspecified atom stereocenters. The number of nitrogens with zero attached hydrogens (tertiary/aromatic N) is 6. The predicted molar refractivity (Wildman–Crippen MR) is 180 cm³/mol. The lowest BCUT2D eigenvalue weighted by atomic mass is 9.72. The van der Waals surface area contributed by atoms with Crippen molar-refractivity contribution in [1.82, 2.24) is 24.4 Å². The van der Waals surface area contributed by atoms with Gasteiger partial charge in [0.15, 0.2) is 5.65 Å². The van der Waals surface area contributed by atoms with Gasteiger partial charge in [-0.25, -0.2) is 19.1 Å². The van der Waals surface area contributed by atoms with Gasteiger partial charge in [-0.05, 0) is 76.3 Å². The van der Waals surface area contributed by atoms with E-state index in [0.717, 1.165) is 29.7 Å². The number of carbonyl (C=O) groups excluding carboxylic acids is 1. The molecule has 3 aromatic heterocycles. The summed E-state index contributed by atoms with van der Waals surface area (Å²) in [5.74, 6) is 1.24. The topological polar surface area (TPSA) is 103 Å². The number of fused-ring (bicyclic) bond motifs is 1. The summed E-state index contributed by atoms with van der Waals surface area (Å²) < 4.78 is 12.8. The first-order valence-electron chi connectivity index (χ1n) is 15.8. The van der Waals surface area contributed by atoms with Gasteiger partial charge in [-0.15, -0.1) is 0 Å². The van der Waals surface area contributed by atoms with E-state index in [-0.39, 0.29) is 17.4 Å². The third-order valence-corrected chi connectivity index (χ3v) is 9.20. The summed E-state index contributed by atoms with van der Waals surface area (Å²) in [6, 6.07) is 11.3. The van der Waals surface area contributed by atoms with E-state index in [1.54, 1.807) is 22.8 Å². The number of piperidine rings is 1. The van der Waals surface area contributed by atoms with Gasteiger partial charge in [0, 0.05) is 43.4 Å². The van der Waals surface area contributed by atoms with Crippen molar-refractivity contribution in [1.29, 1.82) is 0 Å². The van der Waals surface area contributed by atoms with Crippen molar-refractivity contribution in [2.75, 3.05) is 38.2 Å². The summed E-state index contributed by atoms with van der Waals surface area (Å²) in [6.07, 6.45) is 3.22. The highest BCUT2D eigenvalue weighted by Gasteiger charge is 2.48. The van der Waals surface area contributed by atoms with Crippen LogP contribution in [0.4, 0.5) is 10.6 Å². The lowest BCUT2D eigenvalue weighted by Gasteiger charge is -2.53. The van der Waals surface area contributed by atoms with Crippen LogP contribution in [0.3, 0.4) is 0 Å². The van der Waals surface area contributed by atoms with Crippen molar-refractivity contribution < 1.29 is 14.3 Å². The third-order valence-electron chi connectivity index (χ3n) is 8.92. The third kappa shape index (κ3) is 5.79. The number of hydrogen-bond donors (Lipinski definition) is 0. The summed E-state index contributed by atoms with van der Waals surface area (Å²) in [4.78, 5) is 45.1. The molecule has 0 aliphatic carbocycles. The monoisotopic (exact) mass is 644 g/mol. The average molecular weight is 645 g/mol. The maximum atomic E-state index is 14.1. The number of carbonyl (C=O) groups is 1. The van der Waals surface area contributed by atoms with E-state index in [1.807, 2.05) is 64.1 Å². The highest BCUT2D eigenvalue weighted by Crippen LogP contribution is 2.43. The van der Waals surface area contributed by atoms with E-state index in [4.69, 9.17) is 31.0 Å². The number of aryl methyl sites for hydroxylation is 1. The van der Waals surface area contributed by atoms with Crippen LogP contribution < -0.4 is 15.3 Å². The van der Waals surface area contributed by atoms with Crippen LogP contribution in [0.15, 0.2) is 47.4 Å². The number of ether oxygens (including phenoxy) is 2. The minimum absolute atomic E-state index is 0.0319. The van der Waals surface area contributed by atoms with Crippen LogP contribution in [0.1, 0.15) is 64.6 Å². The first-order valence-corrected chi connectivity index (χ1v) is 16.1. The molecular formula is C35H41ClN6O4. The lowest BCUT2D eigenvalue weighted by Crippen LogP contribution is -2.62. The fourth-order valence-corrected chi connectivity index (χ4v) is 6.84. The van der Waals surface area contributed by atoms with Crippen LogP contribution in [0.25, 0.3) is 28.0 Å². The molecule has 1 aromatic carbocycles. The largest absolute Gasteiger partial charge is 0.496 e. The maximum Gasteiger partial charge on any atom is 0.410 e. The molecule has 0 N–H and O–H groups in total. The molecule has 5 heterocycles. The van der Waals surface area contributed by atoms with Gasteiger partial charge in [0.2, 0.25) is 0 Å². The molecule has 2 aliphatic rings. The maximum absolute atomic E-state index is 14.1. The van der Waals surface area contributed by atoms with E-state index in [2.05, 4.69) is 23.7 Å². The molecule has 242 valence electrons. The van der Waals surface area contributed by atoms with Crippen LogP contribution in [-0.2, 0) is 4.74 Å². The van der Waals surface area contributed by atoms with Crippen molar-refractivity contribution in [3.8, 4) is 22.7 Å². The smallest absolute Gasteiger partial charge is 0.410 e. The molecule has 0 saturated carbocycles. The Morgan fingerprint density at radius 2 is 1.76 bits per heavy atom. The molecule has 2 fully saturated rings. The number of pyridine rings is 2. The molecule has 1 amide bonds. The fraction of sp³-hybridized carbons (Fsp3) is 0.457. The van der Waals surface area contributed by atoms with E-state index in [0.29, 0.717) is 65.2 Å². The van der Waals surface area contributed by atoms with Gasteiger partial charge in [-0.1, -0.05) is 37.6 Å². The Morgan fingerprint density at radius 3 is 2.41 bits per heavy atom. The second kappa shape index (κ2) is 11.9. The van der Waals surface area contributed by atoms with E-state index in [9.17, 15) is 9.59 Å². The van der Waals surface area contributed by atoms with Crippen molar-refractivity contribution in [3.63, 3.8) is 0 Å². The Balaban J connectivity index is 1.43. The number of methoxy groups -OCH3 is 1. The molecule has 0 atom stereocenters. The molecule has 10 nitrogen and oxygen atoms in total. The summed E-state index contributed by atoms with van der Waals surface area (Å²) in [7, 11) is 1.61. The highest BCUT2D eigenvalue weighted by atomic mass is 35.5. The molecule has 1 spiro atoms. The Labute approximate surface area is 274 Å². The van der Waals surface area contributed by atoms with Crippen molar-refractivity contribution >= 4 is 34.5 Å². The molecule has 4 aromatic rings. The lowest BCUT2D eigenvalue weighted by molar-refractivity contribution is -0.0434. The standard InChI is InChI=1S/C35H41ClN6O4/c1-21(2)27-29(22(3)12-15-37-27)42-31-24(18-25(36)28(38-31)23-10-8-9-11-26(23)45-7)30(39-32(42)43)40-16-13-35(14-17-40)19-41(20-35)33(44)46-34(4,5)6/h8-12,15,18,21H,13-14,16-17,19-20H2,1-7H3. The number of rotatable bonds is 5. The highest BCUT2D eigenvalue weighted by molar-refractivity contribution is 6.34. The molecule has 6 rings (SSSR count). The Kier molecular flexibility index (Phi) is 8.21. The number of halogens is 1. The molecule has 2 saturated heterocycles. The normalized spacial score (nSPS) is 16.2. The van der Waals surface area contributed by atoms with Crippen LogP contribution in [0.2, 0.25) is 5.02 Å². The van der Waals surface area contributed by atoms with Crippen LogP contribution >= 0.6 is 11.6 Å². The molecular weight excluding hydrogens is 604 g/mol. The molecule has 11 heteroatoms. The summed E-state index contributed by atoms with van der Waals surface area (Å²) in [5, 5.41) is 1.11. The molecule has 0 radical (unpaired) electrons. The fourth-order valence-electron chi connectivity index (χ4n) is 6.59. The first-order chi connectivity index (χ1) is 21.8. The van der Waals surface area contributed by atoms with Gasteiger partial charge >= 0.3 is 11.8 Å². The molecule has 0 bridgehead atoms. The van der Waals surface area contributed by atoms with Gasteiger partial charge in [-0.2, -0.15) is 4.98 Å². The first kappa shape index (κ1) is 31.8. The minimum Gasteiger partial charge on any atom is -0.496 e. The number of aromatic nitrogens is 4. The van der Waals surface area contributed by atoms with E-state index in [1.165, 1.54) is 0 Å². The zero-order chi connectivity index (χ0) is 33.0. The SMILES string of the molecule is COc1ccccc1-c1nc2c(cc1Cl)c(N1CCC3(CC1)CN(C(=O)OC(C)(C)C)C3)nc(=O)n2-c1c(C)ccnc1C(C)C. The van der Waals surface area contributed by atoms with Crippen molar-refractivity contribution in [3.05, 3.63) is 69.4 Å². The Hall–Kier alpha value is -4.18. The number of amides is 1. The van der Waals surface area contributed by atoms with E-state index < -0.39 is 11.3 Å². The summed E-state index contributed by atoms with van der Waals surface area (Å²) in [6.45, 7) is 14.4. The van der Waals surface area contributed by atoms with Gasteiger partial charge in [0.05, 0.1) is 34.6 Å². The Bertz CT molecular complexity index is 1870. The zero-order valence-corrected chi connectivity index (χ0v) is 28.3. The Morgan fingerprint density at radius 1 is 1.07 bits per heavy atom. The number of hydrogen-bond acceptors (Lipinski definition) is 8. The summed E-state index contributed by atoms with van der Waals surface area (Å²) in [5.41, 5.74) is 3.13. The number of para-hydroxylation sites is 1. The number of likely N-dealkylation sites (tertiary alicyclic amines) is 1. The summed E-state index contributed by atoms with van der Waals surface area (Å²) >= 11 is 6.98. The number of benzene rings is 1. The van der Waals surface area contributed by atoms with Gasteiger partial charge in [-0.3, -0.25) is 4.98 Å². The van der Waals surface area contributed by atoms with Gasteiger partial charge in [0.1, 0.15) is 17.2 Å². The van der Waals surface area contributed by atoms with Crippen molar-refractivity contribution in [2.45, 2.75) is 65.9 Å². The zero-order valence-electron chi connectivity index (χ0n) is 27.6. The molecule has 2 aliphatic heterocycles. The average Bonchev–Trinajstić information content (AvgIpc) is 2.99. The molecule has 46 heavy (non-hydrogen) atoms.